The van der Waals surface area contributed by atoms with Crippen molar-refractivity contribution in [1.82, 2.24) is 0 Å². The predicted octanol–water partition coefficient (Wildman–Crippen LogP) is 19.0. The maximum Gasteiger partial charge on any atom is 0.306 e. The highest BCUT2D eigenvalue weighted by molar-refractivity contribution is 5.70. The minimum Gasteiger partial charge on any atom is -0.462 e. The molecule has 0 bridgehead atoms. The first kappa shape index (κ1) is 62.8. The average Bonchev–Trinajstić information content (AvgIpc) is 3.32. The van der Waals surface area contributed by atoms with Gasteiger partial charge in [-0.25, -0.2) is 0 Å². The van der Waals surface area contributed by atoms with Crippen molar-refractivity contribution in [3.63, 3.8) is 0 Å². The summed E-state index contributed by atoms with van der Waals surface area (Å²) in [6.07, 6.45) is 75.7. The van der Waals surface area contributed by atoms with E-state index in [4.69, 9.17) is 14.2 Å². The van der Waals surface area contributed by atoms with Gasteiger partial charge in [0.1, 0.15) is 6.61 Å². The Morgan fingerprint density at radius 2 is 0.697 bits per heavy atom. The highest BCUT2D eigenvalue weighted by Gasteiger charge is 2.17. The lowest BCUT2D eigenvalue weighted by atomic mass is 10.1. The quantitative estimate of drug-likeness (QED) is 0.0346. The highest BCUT2D eigenvalue weighted by Crippen LogP contribution is 2.14. The third-order valence-corrected chi connectivity index (χ3v) is 11.6. The van der Waals surface area contributed by atoms with Gasteiger partial charge in [0.25, 0.3) is 0 Å². The molecule has 0 aliphatic carbocycles. The number of hydrogen-bond acceptors (Lipinski definition) is 5. The fraction of sp³-hybridized carbons (Fsp3) is 0.705. The number of esters is 2. The van der Waals surface area contributed by atoms with E-state index in [1.54, 1.807) is 0 Å². The van der Waals surface area contributed by atoms with Crippen molar-refractivity contribution in [3.8, 4) is 0 Å². The highest BCUT2D eigenvalue weighted by atomic mass is 16.6. The molecule has 0 N–H and O–H groups in total. The van der Waals surface area contributed by atoms with Crippen molar-refractivity contribution in [2.24, 2.45) is 0 Å². The number of hydrogen-bond donors (Lipinski definition) is 0. The normalized spacial score (nSPS) is 13.0. The monoisotopic (exact) mass is 917 g/mol. The van der Waals surface area contributed by atoms with Crippen LogP contribution in [0, 0.1) is 0 Å². The van der Waals surface area contributed by atoms with Crippen molar-refractivity contribution >= 4 is 11.9 Å². The summed E-state index contributed by atoms with van der Waals surface area (Å²) in [5.74, 6) is -0.476. The van der Waals surface area contributed by atoms with E-state index in [1.807, 2.05) is 0 Å². The van der Waals surface area contributed by atoms with E-state index in [-0.39, 0.29) is 25.2 Å². The Labute approximate surface area is 409 Å². The molecule has 0 saturated carbocycles. The van der Waals surface area contributed by atoms with Crippen LogP contribution in [0.5, 0.6) is 0 Å². The summed E-state index contributed by atoms with van der Waals surface area (Å²) in [5.41, 5.74) is 0. The second-order valence-electron chi connectivity index (χ2n) is 18.1. The Kier molecular flexibility index (Phi) is 53.4. The summed E-state index contributed by atoms with van der Waals surface area (Å²) in [4.78, 5) is 25.4. The molecule has 0 aliphatic heterocycles. The lowest BCUT2D eigenvalue weighted by Gasteiger charge is -2.18. The van der Waals surface area contributed by atoms with Gasteiger partial charge in [-0.1, -0.05) is 221 Å². The number of carbonyl (C=O) groups is 2. The summed E-state index contributed by atoms with van der Waals surface area (Å²) in [5, 5.41) is 0. The van der Waals surface area contributed by atoms with E-state index in [2.05, 4.69) is 118 Å². The van der Waals surface area contributed by atoms with Crippen molar-refractivity contribution in [1.29, 1.82) is 0 Å². The van der Waals surface area contributed by atoms with Crippen LogP contribution in [0.1, 0.15) is 252 Å². The third kappa shape index (κ3) is 53.4. The van der Waals surface area contributed by atoms with Gasteiger partial charge in [-0.15, -0.1) is 0 Å². The van der Waals surface area contributed by atoms with Crippen molar-refractivity contribution < 1.29 is 23.8 Å². The summed E-state index contributed by atoms with van der Waals surface area (Å²) in [6, 6.07) is 0. The van der Waals surface area contributed by atoms with Crippen LogP contribution >= 0.6 is 0 Å². The van der Waals surface area contributed by atoms with Crippen LogP contribution in [0.25, 0.3) is 0 Å². The Bertz CT molecular complexity index is 1270. The number of carbonyl (C=O) groups excluding carboxylic acids is 2. The largest absolute Gasteiger partial charge is 0.462 e. The molecule has 0 aromatic heterocycles. The second-order valence-corrected chi connectivity index (χ2v) is 18.1. The summed E-state index contributed by atoms with van der Waals surface area (Å²) >= 11 is 0. The molecular formula is C61H104O5. The van der Waals surface area contributed by atoms with Crippen LogP contribution in [0.4, 0.5) is 0 Å². The lowest BCUT2D eigenvalue weighted by Crippen LogP contribution is -2.30. The van der Waals surface area contributed by atoms with E-state index < -0.39 is 6.10 Å². The van der Waals surface area contributed by atoms with Gasteiger partial charge in [0.15, 0.2) is 6.10 Å². The number of ether oxygens (including phenoxy) is 3. The van der Waals surface area contributed by atoms with Gasteiger partial charge in [0.2, 0.25) is 0 Å². The van der Waals surface area contributed by atoms with Crippen LogP contribution < -0.4 is 0 Å². The van der Waals surface area contributed by atoms with Gasteiger partial charge in [-0.3, -0.25) is 9.59 Å². The summed E-state index contributed by atoms with van der Waals surface area (Å²) in [7, 11) is 0. The standard InChI is InChI=1S/C61H104O5/c1-4-7-10-13-16-19-22-25-27-29-30-31-33-35-38-41-44-47-50-53-56-64-57-59(66-61(63)55-52-49-46-43-40-36-24-21-18-15-12-9-6-3)58-65-60(62)54-51-48-45-42-39-37-34-32-28-26-23-20-17-14-11-8-5-2/h8,11,16-17,19-21,24-28,34,37,42,45,59H,4-7,9-10,12-15,18,22-23,29-33,35-36,38-41,43-44,46-58H2,1-3H3/b11-8-,19-16-,20-17-,24-21-,27-25-,28-26-,37-34-,45-42-. The first-order chi connectivity index (χ1) is 32.6. The minimum atomic E-state index is -0.570. The van der Waals surface area contributed by atoms with Crippen LogP contribution in [0.3, 0.4) is 0 Å². The van der Waals surface area contributed by atoms with Crippen molar-refractivity contribution in [2.75, 3.05) is 19.8 Å². The van der Waals surface area contributed by atoms with Crippen LogP contribution in [0.15, 0.2) is 97.2 Å². The lowest BCUT2D eigenvalue weighted by molar-refractivity contribution is -0.163. The molecule has 0 aromatic carbocycles. The van der Waals surface area contributed by atoms with E-state index in [9.17, 15) is 9.59 Å². The van der Waals surface area contributed by atoms with Gasteiger partial charge < -0.3 is 14.2 Å². The molecule has 1 unspecified atom stereocenters. The molecule has 1 atom stereocenters. The second kappa shape index (κ2) is 56.1. The van der Waals surface area contributed by atoms with Gasteiger partial charge in [0, 0.05) is 19.4 Å². The number of allylic oxidation sites excluding steroid dienone is 16. The summed E-state index contributed by atoms with van der Waals surface area (Å²) in [6.45, 7) is 7.61. The third-order valence-electron chi connectivity index (χ3n) is 11.6. The van der Waals surface area contributed by atoms with Crippen molar-refractivity contribution in [2.45, 2.75) is 258 Å². The van der Waals surface area contributed by atoms with E-state index >= 15 is 0 Å². The molecule has 378 valence electrons. The first-order valence-electron chi connectivity index (χ1n) is 27.8. The summed E-state index contributed by atoms with van der Waals surface area (Å²) < 4.78 is 17.4. The molecule has 0 spiro atoms. The maximum atomic E-state index is 12.8. The average molecular weight is 917 g/mol. The molecule has 5 nitrogen and oxygen atoms in total. The number of rotatable bonds is 50. The molecule has 0 rings (SSSR count). The van der Waals surface area contributed by atoms with Crippen LogP contribution in [-0.4, -0.2) is 37.9 Å². The smallest absolute Gasteiger partial charge is 0.306 e. The van der Waals surface area contributed by atoms with Gasteiger partial charge in [-0.05, 0) is 116 Å². The van der Waals surface area contributed by atoms with Crippen molar-refractivity contribution in [3.05, 3.63) is 97.2 Å². The van der Waals surface area contributed by atoms with Gasteiger partial charge >= 0.3 is 11.9 Å². The molecule has 66 heavy (non-hydrogen) atoms. The van der Waals surface area contributed by atoms with E-state index in [0.717, 1.165) is 89.9 Å². The Morgan fingerprint density at radius 1 is 0.348 bits per heavy atom. The van der Waals surface area contributed by atoms with E-state index in [0.29, 0.717) is 19.4 Å². The van der Waals surface area contributed by atoms with E-state index in [1.165, 1.54) is 128 Å². The van der Waals surface area contributed by atoms with Gasteiger partial charge in [0.05, 0.1) is 6.61 Å². The number of unbranched alkanes of at least 4 members (excludes halogenated alkanes) is 23. The molecular weight excluding hydrogens is 813 g/mol. The molecule has 0 fully saturated rings. The molecule has 5 heteroatoms. The minimum absolute atomic E-state index is 0.0475. The zero-order valence-electron chi connectivity index (χ0n) is 43.4. The Balaban J connectivity index is 4.35. The Morgan fingerprint density at radius 3 is 1.18 bits per heavy atom. The molecule has 0 heterocycles. The van der Waals surface area contributed by atoms with Crippen LogP contribution in [0.2, 0.25) is 0 Å². The topological polar surface area (TPSA) is 61.8 Å². The molecule has 0 radical (unpaired) electrons. The molecule has 0 aliphatic rings. The fourth-order valence-corrected chi connectivity index (χ4v) is 7.45. The zero-order valence-corrected chi connectivity index (χ0v) is 43.4. The first-order valence-corrected chi connectivity index (χ1v) is 27.8. The Hall–Kier alpha value is -3.18. The molecule has 0 aromatic rings. The molecule has 0 amide bonds. The zero-order chi connectivity index (χ0) is 47.7. The maximum absolute atomic E-state index is 12.8. The SMILES string of the molecule is CC/C=C\C/C=C\C/C=C\C/C=C\C/C=C\CCCC(=O)OCC(COCCCCCCCCCCCC/C=C\C/C=C\CCCCC)OC(=O)CCCCCCC/C=C\CCCCCC. The molecule has 0 saturated heterocycles. The van der Waals surface area contributed by atoms with Crippen LogP contribution in [-0.2, 0) is 23.8 Å². The van der Waals surface area contributed by atoms with Gasteiger partial charge in [-0.2, -0.15) is 0 Å². The predicted molar refractivity (Wildman–Crippen MR) is 288 cm³/mol. The fourth-order valence-electron chi connectivity index (χ4n) is 7.45.